The Morgan fingerprint density at radius 3 is 2.88 bits per heavy atom. The van der Waals surface area contributed by atoms with E-state index in [9.17, 15) is 9.90 Å². The van der Waals surface area contributed by atoms with Crippen LogP contribution in [0.3, 0.4) is 0 Å². The highest BCUT2D eigenvalue weighted by atomic mass is 16.7. The van der Waals surface area contributed by atoms with Gasteiger partial charge < -0.3 is 30.0 Å². The number of carbonyl (C=O) groups is 1. The van der Waals surface area contributed by atoms with E-state index in [2.05, 4.69) is 10.2 Å². The van der Waals surface area contributed by atoms with Gasteiger partial charge in [0.05, 0.1) is 37.6 Å². The Hall–Kier alpha value is -1.45. The van der Waals surface area contributed by atoms with E-state index in [1.165, 1.54) is 0 Å². The molecule has 3 aliphatic heterocycles. The number of nitrogens with one attached hydrogen (secondary N) is 1. The summed E-state index contributed by atoms with van der Waals surface area (Å²) in [5.74, 6) is 0.491. The lowest BCUT2D eigenvalue weighted by atomic mass is 9.90. The van der Waals surface area contributed by atoms with Crippen LogP contribution in [0, 0.1) is 5.92 Å². The lowest BCUT2D eigenvalue weighted by Gasteiger charge is -2.45. The summed E-state index contributed by atoms with van der Waals surface area (Å²) in [7, 11) is 0. The van der Waals surface area contributed by atoms with Crippen molar-refractivity contribution in [3.63, 3.8) is 0 Å². The number of hydrogen-bond donors (Lipinski definition) is 3. The summed E-state index contributed by atoms with van der Waals surface area (Å²) in [5.41, 5.74) is 5.41. The van der Waals surface area contributed by atoms with Crippen molar-refractivity contribution in [3.8, 4) is 0 Å². The molecule has 1 amide bonds. The predicted molar refractivity (Wildman–Crippen MR) is 87.2 cm³/mol. The van der Waals surface area contributed by atoms with E-state index in [0.29, 0.717) is 39.1 Å². The third-order valence-corrected chi connectivity index (χ3v) is 5.58. The van der Waals surface area contributed by atoms with Gasteiger partial charge in [0.25, 0.3) is 0 Å². The van der Waals surface area contributed by atoms with Crippen molar-refractivity contribution in [1.82, 2.24) is 10.2 Å². The molecule has 0 aliphatic carbocycles. The third kappa shape index (κ3) is 3.32. The molecule has 2 bridgehead atoms. The molecule has 8 nitrogen and oxygen atoms in total. The molecule has 25 heavy (non-hydrogen) atoms. The molecule has 0 spiro atoms. The number of rotatable bonds is 5. The molecule has 1 aromatic heterocycles. The number of carbonyl (C=O) groups excluding carboxylic acids is 1. The normalized spacial score (nSPS) is 36.6. The molecule has 0 unspecified atom stereocenters. The second-order valence-corrected chi connectivity index (χ2v) is 7.06. The lowest BCUT2D eigenvalue weighted by Crippen LogP contribution is -2.65. The highest BCUT2D eigenvalue weighted by Gasteiger charge is 2.52. The summed E-state index contributed by atoms with van der Waals surface area (Å²) in [4.78, 5) is 13.5. The zero-order valence-electron chi connectivity index (χ0n) is 14.0. The van der Waals surface area contributed by atoms with Crippen molar-refractivity contribution in [2.24, 2.45) is 11.7 Å². The monoisotopic (exact) mass is 351 g/mol. The first-order chi connectivity index (χ1) is 12.1. The zero-order valence-corrected chi connectivity index (χ0v) is 14.0. The van der Waals surface area contributed by atoms with E-state index >= 15 is 0 Å². The number of ether oxygens (including phenoxy) is 2. The second kappa shape index (κ2) is 7.05. The summed E-state index contributed by atoms with van der Waals surface area (Å²) < 4.78 is 17.1. The quantitative estimate of drug-likeness (QED) is 0.651. The van der Waals surface area contributed by atoms with Gasteiger partial charge in [-0.15, -0.1) is 0 Å². The smallest absolute Gasteiger partial charge is 0.220 e. The minimum Gasteiger partial charge on any atom is -0.468 e. The summed E-state index contributed by atoms with van der Waals surface area (Å²) in [6.07, 6.45) is 1.83. The molecular formula is C17H25N3O5. The summed E-state index contributed by atoms with van der Waals surface area (Å²) in [6, 6.07) is 3.25. The number of aliphatic hydroxyl groups is 1. The van der Waals surface area contributed by atoms with Gasteiger partial charge in [0, 0.05) is 5.92 Å². The van der Waals surface area contributed by atoms with E-state index < -0.39 is 12.4 Å². The van der Waals surface area contributed by atoms with Gasteiger partial charge in [-0.1, -0.05) is 0 Å². The molecule has 4 heterocycles. The number of primary amides is 1. The van der Waals surface area contributed by atoms with Gasteiger partial charge in [-0.2, -0.15) is 0 Å². The van der Waals surface area contributed by atoms with Crippen LogP contribution in [-0.2, 0) is 20.8 Å². The van der Waals surface area contributed by atoms with Crippen LogP contribution in [0.5, 0.6) is 0 Å². The van der Waals surface area contributed by atoms with Gasteiger partial charge in [0.1, 0.15) is 11.9 Å². The molecule has 4 rings (SSSR count). The van der Waals surface area contributed by atoms with Crippen molar-refractivity contribution < 1.29 is 23.8 Å². The van der Waals surface area contributed by atoms with Gasteiger partial charge in [0.15, 0.2) is 6.29 Å². The third-order valence-electron chi connectivity index (χ3n) is 5.58. The fraction of sp³-hybridized carbons (Fsp3) is 0.706. The first kappa shape index (κ1) is 17.0. The van der Waals surface area contributed by atoms with Crippen LogP contribution in [0.25, 0.3) is 0 Å². The number of nitrogens with two attached hydrogens (primary N) is 1. The molecule has 3 saturated heterocycles. The number of furan rings is 1. The van der Waals surface area contributed by atoms with Crippen LogP contribution in [-0.4, -0.2) is 66.2 Å². The first-order valence-corrected chi connectivity index (χ1v) is 8.88. The van der Waals surface area contributed by atoms with E-state index in [4.69, 9.17) is 19.6 Å². The number of amides is 1. The van der Waals surface area contributed by atoms with Crippen LogP contribution in [0.1, 0.15) is 18.6 Å². The van der Waals surface area contributed by atoms with Crippen LogP contribution in [0.15, 0.2) is 22.8 Å². The number of piperidine rings is 1. The molecule has 0 saturated carbocycles. The Bertz CT molecular complexity index is 587. The SMILES string of the molecule is NC(=O)C1CCN([C@H]2[C@@H]3OC[C@@H](O3)[C@@H](NCc3ccco3)[C@@H]2O)CC1. The average Bonchev–Trinajstić information content (AvgIpc) is 3.26. The fourth-order valence-electron chi connectivity index (χ4n) is 4.16. The Labute approximate surface area is 146 Å². The molecule has 3 aliphatic rings. The molecule has 1 aromatic rings. The molecule has 138 valence electrons. The number of nitrogens with zero attached hydrogens (tertiary/aromatic N) is 1. The van der Waals surface area contributed by atoms with Crippen molar-refractivity contribution in [2.75, 3.05) is 19.7 Å². The predicted octanol–water partition coefficient (Wildman–Crippen LogP) is -0.580. The maximum Gasteiger partial charge on any atom is 0.220 e. The Balaban J connectivity index is 1.42. The van der Waals surface area contributed by atoms with Crippen LogP contribution < -0.4 is 11.1 Å². The molecule has 0 radical (unpaired) electrons. The molecule has 4 N–H and O–H groups in total. The maximum absolute atomic E-state index is 11.4. The van der Waals surface area contributed by atoms with E-state index in [0.717, 1.165) is 5.76 Å². The van der Waals surface area contributed by atoms with Crippen molar-refractivity contribution in [1.29, 1.82) is 0 Å². The number of fused-ring (bicyclic) bond motifs is 2. The van der Waals surface area contributed by atoms with Gasteiger partial charge in [-0.25, -0.2) is 0 Å². The van der Waals surface area contributed by atoms with Crippen LogP contribution in [0.4, 0.5) is 0 Å². The highest BCUT2D eigenvalue weighted by Crippen LogP contribution is 2.33. The summed E-state index contributed by atoms with van der Waals surface area (Å²) >= 11 is 0. The maximum atomic E-state index is 11.4. The average molecular weight is 351 g/mol. The number of likely N-dealkylation sites (tertiary alicyclic amines) is 1. The molecule has 0 aromatic carbocycles. The summed E-state index contributed by atoms with van der Waals surface area (Å²) in [6.45, 7) is 2.39. The van der Waals surface area contributed by atoms with Crippen molar-refractivity contribution in [3.05, 3.63) is 24.2 Å². The van der Waals surface area contributed by atoms with Gasteiger partial charge >= 0.3 is 0 Å². The Kier molecular flexibility index (Phi) is 4.79. The highest BCUT2D eigenvalue weighted by molar-refractivity contribution is 5.76. The van der Waals surface area contributed by atoms with E-state index in [1.54, 1.807) is 6.26 Å². The Morgan fingerprint density at radius 1 is 1.40 bits per heavy atom. The number of hydrogen-bond acceptors (Lipinski definition) is 7. The van der Waals surface area contributed by atoms with Gasteiger partial charge in [0.2, 0.25) is 5.91 Å². The molecular weight excluding hydrogens is 326 g/mol. The second-order valence-electron chi connectivity index (χ2n) is 7.06. The standard InChI is InChI=1S/C17H25N3O5/c18-16(22)10-3-5-20(6-4-10)14-15(21)13(12-9-24-17(14)25-12)19-8-11-2-1-7-23-11/h1-2,7,10,12-15,17,19,21H,3-6,8-9H2,(H2,18,22)/t12-,13-,14-,15+,17-/m1/s1. The Morgan fingerprint density at radius 2 is 2.20 bits per heavy atom. The minimum absolute atomic E-state index is 0.0805. The largest absolute Gasteiger partial charge is 0.468 e. The molecule has 5 atom stereocenters. The molecule has 8 heteroatoms. The zero-order chi connectivity index (χ0) is 17.4. The molecule has 3 fully saturated rings. The van der Waals surface area contributed by atoms with Crippen molar-refractivity contribution >= 4 is 5.91 Å². The van der Waals surface area contributed by atoms with Gasteiger partial charge in [-0.05, 0) is 38.1 Å². The van der Waals surface area contributed by atoms with Crippen LogP contribution in [0.2, 0.25) is 0 Å². The summed E-state index contributed by atoms with van der Waals surface area (Å²) in [5, 5.41) is 14.3. The lowest BCUT2D eigenvalue weighted by molar-refractivity contribution is -0.186. The van der Waals surface area contributed by atoms with Crippen molar-refractivity contribution in [2.45, 2.75) is 50.0 Å². The first-order valence-electron chi connectivity index (χ1n) is 8.88. The van der Waals surface area contributed by atoms with E-state index in [1.807, 2.05) is 12.1 Å². The fourth-order valence-corrected chi connectivity index (χ4v) is 4.16. The number of aliphatic hydroxyl groups excluding tert-OH is 1. The van der Waals surface area contributed by atoms with E-state index in [-0.39, 0.29) is 30.0 Å². The topological polar surface area (TPSA) is 110 Å². The minimum atomic E-state index is -0.619. The van der Waals surface area contributed by atoms with Gasteiger partial charge in [-0.3, -0.25) is 9.69 Å². The van der Waals surface area contributed by atoms with Crippen LogP contribution >= 0.6 is 0 Å².